The van der Waals surface area contributed by atoms with Crippen LogP contribution in [-0.4, -0.2) is 42.7 Å². The Bertz CT molecular complexity index is 819. The summed E-state index contributed by atoms with van der Waals surface area (Å²) in [4.78, 5) is 27.1. The van der Waals surface area contributed by atoms with E-state index < -0.39 is 0 Å². The fraction of sp³-hybridized carbons (Fsp3) is 0.412. The van der Waals surface area contributed by atoms with Crippen molar-refractivity contribution < 1.29 is 14.3 Å². The number of aryl methyl sites for hydroxylation is 1. The topological polar surface area (TPSA) is 60.8 Å². The summed E-state index contributed by atoms with van der Waals surface area (Å²) in [6.45, 7) is 1.52. The number of ether oxygens (including phenoxy) is 2. The van der Waals surface area contributed by atoms with E-state index in [0.717, 1.165) is 25.9 Å². The highest BCUT2D eigenvalue weighted by molar-refractivity contribution is 6.07. The molecule has 0 saturated carbocycles. The largest absolute Gasteiger partial charge is 0.493 e. The van der Waals surface area contributed by atoms with E-state index in [1.54, 1.807) is 25.4 Å². The fourth-order valence-corrected chi connectivity index (χ4v) is 3.05. The highest BCUT2D eigenvalue weighted by atomic mass is 16.5. The van der Waals surface area contributed by atoms with Crippen molar-refractivity contribution in [3.8, 4) is 11.5 Å². The van der Waals surface area contributed by atoms with Crippen LogP contribution in [0, 0.1) is 0 Å². The molecular formula is C17H20N2O4. The number of fused-ring (bicyclic) bond motifs is 1. The number of benzene rings is 1. The number of likely N-dealkylation sites (tertiary alicyclic amines) is 1. The zero-order valence-corrected chi connectivity index (χ0v) is 13.6. The van der Waals surface area contributed by atoms with Crippen molar-refractivity contribution in [3.63, 3.8) is 0 Å². The van der Waals surface area contributed by atoms with Gasteiger partial charge in [0.1, 0.15) is 0 Å². The maximum absolute atomic E-state index is 12.8. The van der Waals surface area contributed by atoms with E-state index in [4.69, 9.17) is 9.47 Å². The first-order valence-electron chi connectivity index (χ1n) is 7.61. The van der Waals surface area contributed by atoms with Gasteiger partial charge in [-0.05, 0) is 25.0 Å². The van der Waals surface area contributed by atoms with Crippen LogP contribution in [0.15, 0.2) is 23.1 Å². The Morgan fingerprint density at radius 2 is 1.61 bits per heavy atom. The lowest BCUT2D eigenvalue weighted by molar-refractivity contribution is 0.0794. The van der Waals surface area contributed by atoms with Gasteiger partial charge in [0.05, 0.1) is 25.2 Å². The highest BCUT2D eigenvalue weighted by Gasteiger charge is 2.23. The molecule has 6 heteroatoms. The highest BCUT2D eigenvalue weighted by Crippen LogP contribution is 2.32. The third kappa shape index (κ3) is 2.54. The lowest BCUT2D eigenvalue weighted by atomic mass is 10.1. The van der Waals surface area contributed by atoms with E-state index in [1.807, 2.05) is 4.90 Å². The molecule has 1 aliphatic heterocycles. The zero-order valence-electron chi connectivity index (χ0n) is 13.6. The van der Waals surface area contributed by atoms with Crippen LogP contribution in [0.2, 0.25) is 0 Å². The van der Waals surface area contributed by atoms with E-state index in [9.17, 15) is 9.59 Å². The van der Waals surface area contributed by atoms with Crippen LogP contribution >= 0.6 is 0 Å². The normalized spacial score (nSPS) is 14.3. The van der Waals surface area contributed by atoms with Gasteiger partial charge in [0.25, 0.3) is 11.5 Å². The van der Waals surface area contributed by atoms with E-state index >= 15 is 0 Å². The number of aromatic nitrogens is 1. The molecule has 2 heterocycles. The molecule has 0 aliphatic carbocycles. The van der Waals surface area contributed by atoms with Crippen molar-refractivity contribution in [2.24, 2.45) is 7.05 Å². The fourth-order valence-electron chi connectivity index (χ4n) is 3.05. The summed E-state index contributed by atoms with van der Waals surface area (Å²) in [5, 5.41) is 1.05. The van der Waals surface area contributed by atoms with Gasteiger partial charge >= 0.3 is 0 Å². The van der Waals surface area contributed by atoms with Crippen LogP contribution < -0.4 is 15.0 Å². The van der Waals surface area contributed by atoms with Crippen LogP contribution in [0.5, 0.6) is 11.5 Å². The third-order valence-electron chi connectivity index (χ3n) is 4.31. The van der Waals surface area contributed by atoms with E-state index in [0.29, 0.717) is 27.8 Å². The number of carbonyl (C=O) groups excluding carboxylic acids is 1. The summed E-state index contributed by atoms with van der Waals surface area (Å²) in [7, 11) is 4.71. The molecule has 0 atom stereocenters. The molecule has 0 N–H and O–H groups in total. The van der Waals surface area contributed by atoms with Crippen LogP contribution in [0.4, 0.5) is 0 Å². The lowest BCUT2D eigenvalue weighted by Crippen LogP contribution is -2.29. The molecule has 1 amide bonds. The number of nitrogens with zero attached hydrogens (tertiary/aromatic N) is 2. The minimum Gasteiger partial charge on any atom is -0.493 e. The lowest BCUT2D eigenvalue weighted by Gasteiger charge is -2.18. The van der Waals surface area contributed by atoms with Crippen LogP contribution in [-0.2, 0) is 7.05 Å². The molecule has 0 spiro atoms. The molecule has 1 aliphatic rings. The second-order valence-corrected chi connectivity index (χ2v) is 5.71. The smallest absolute Gasteiger partial charge is 0.258 e. The Hall–Kier alpha value is -2.50. The molecule has 3 rings (SSSR count). The number of carbonyl (C=O) groups is 1. The van der Waals surface area contributed by atoms with Gasteiger partial charge in [0, 0.05) is 31.7 Å². The zero-order chi connectivity index (χ0) is 16.6. The van der Waals surface area contributed by atoms with Crippen LogP contribution in [0.3, 0.4) is 0 Å². The first-order chi connectivity index (χ1) is 11.1. The van der Waals surface area contributed by atoms with Gasteiger partial charge in [-0.2, -0.15) is 0 Å². The average molecular weight is 316 g/mol. The van der Waals surface area contributed by atoms with E-state index in [2.05, 4.69) is 0 Å². The molecule has 0 radical (unpaired) electrons. The minimum absolute atomic E-state index is 0.0460. The Kier molecular flexibility index (Phi) is 3.98. The quantitative estimate of drug-likeness (QED) is 0.866. The summed E-state index contributed by atoms with van der Waals surface area (Å²) in [5.41, 5.74) is 0.351. The Balaban J connectivity index is 2.26. The van der Waals surface area contributed by atoms with Crippen LogP contribution in [0.1, 0.15) is 23.2 Å². The SMILES string of the molecule is COc1cc2c(C(=O)N3CCCC3)cn(C)c(=O)c2cc1OC. The Morgan fingerprint density at radius 3 is 2.17 bits per heavy atom. The molecule has 1 aromatic carbocycles. The predicted octanol–water partition coefficient (Wildman–Crippen LogP) is 1.79. The average Bonchev–Trinajstić information content (AvgIpc) is 3.10. The van der Waals surface area contributed by atoms with Gasteiger partial charge in [-0.3, -0.25) is 9.59 Å². The van der Waals surface area contributed by atoms with Gasteiger partial charge < -0.3 is 18.9 Å². The number of hydrogen-bond donors (Lipinski definition) is 0. The van der Waals surface area contributed by atoms with E-state index in [-0.39, 0.29) is 11.5 Å². The third-order valence-corrected chi connectivity index (χ3v) is 4.31. The van der Waals surface area contributed by atoms with Crippen molar-refractivity contribution >= 4 is 16.7 Å². The number of methoxy groups -OCH3 is 2. The first kappa shape index (κ1) is 15.4. The molecule has 6 nitrogen and oxygen atoms in total. The maximum atomic E-state index is 12.8. The van der Waals surface area contributed by atoms with Gasteiger partial charge in [-0.1, -0.05) is 0 Å². The summed E-state index contributed by atoms with van der Waals surface area (Å²) in [6.07, 6.45) is 3.65. The van der Waals surface area contributed by atoms with Gasteiger partial charge in [0.2, 0.25) is 0 Å². The second kappa shape index (κ2) is 5.95. The van der Waals surface area contributed by atoms with Crippen molar-refractivity contribution in [2.45, 2.75) is 12.8 Å². The molecule has 1 fully saturated rings. The molecule has 122 valence electrons. The monoisotopic (exact) mass is 316 g/mol. The summed E-state index contributed by atoms with van der Waals surface area (Å²) < 4.78 is 12.0. The summed E-state index contributed by atoms with van der Waals surface area (Å²) in [6, 6.07) is 3.34. The minimum atomic E-state index is -0.168. The number of amides is 1. The predicted molar refractivity (Wildman–Crippen MR) is 87.4 cm³/mol. The molecule has 1 saturated heterocycles. The standard InChI is InChI=1S/C17H20N2O4/c1-18-10-13(17(21)19-6-4-5-7-19)11-8-14(22-2)15(23-3)9-12(11)16(18)20/h8-10H,4-7H2,1-3H3. The summed E-state index contributed by atoms with van der Waals surface area (Å²) >= 11 is 0. The molecule has 1 aromatic heterocycles. The number of rotatable bonds is 3. The second-order valence-electron chi connectivity index (χ2n) is 5.71. The Morgan fingerprint density at radius 1 is 1.04 bits per heavy atom. The van der Waals surface area contributed by atoms with Crippen LogP contribution in [0.25, 0.3) is 10.8 Å². The van der Waals surface area contributed by atoms with Gasteiger partial charge in [-0.25, -0.2) is 0 Å². The van der Waals surface area contributed by atoms with E-state index in [1.165, 1.54) is 18.8 Å². The molecule has 2 aromatic rings. The van der Waals surface area contributed by atoms with Crippen molar-refractivity contribution in [1.29, 1.82) is 0 Å². The van der Waals surface area contributed by atoms with Crippen molar-refractivity contribution in [2.75, 3.05) is 27.3 Å². The molecule has 23 heavy (non-hydrogen) atoms. The first-order valence-corrected chi connectivity index (χ1v) is 7.61. The molecular weight excluding hydrogens is 296 g/mol. The number of hydrogen-bond acceptors (Lipinski definition) is 4. The van der Waals surface area contributed by atoms with Crippen molar-refractivity contribution in [3.05, 3.63) is 34.2 Å². The van der Waals surface area contributed by atoms with Gasteiger partial charge in [-0.15, -0.1) is 0 Å². The van der Waals surface area contributed by atoms with Gasteiger partial charge in [0.15, 0.2) is 11.5 Å². The molecule has 0 bridgehead atoms. The summed E-state index contributed by atoms with van der Waals surface area (Å²) in [5.74, 6) is 0.932. The van der Waals surface area contributed by atoms with Crippen molar-refractivity contribution in [1.82, 2.24) is 9.47 Å². The Labute approximate surface area is 134 Å². The number of pyridine rings is 1. The molecule has 0 unspecified atom stereocenters. The maximum Gasteiger partial charge on any atom is 0.258 e.